The monoisotopic (exact) mass is 352 g/mol. The summed E-state index contributed by atoms with van der Waals surface area (Å²) in [4.78, 5) is 15.1. The van der Waals surface area contributed by atoms with Gasteiger partial charge in [-0.25, -0.2) is 18.6 Å². The van der Waals surface area contributed by atoms with Crippen LogP contribution in [0.1, 0.15) is 34.8 Å². The third kappa shape index (κ3) is 2.88. The van der Waals surface area contributed by atoms with Crippen molar-refractivity contribution in [2.75, 3.05) is 6.61 Å². The van der Waals surface area contributed by atoms with Crippen molar-refractivity contribution in [2.24, 2.45) is 0 Å². The summed E-state index contributed by atoms with van der Waals surface area (Å²) in [7, 11) is 0. The summed E-state index contributed by atoms with van der Waals surface area (Å²) < 4.78 is 30.2. The van der Waals surface area contributed by atoms with E-state index in [1.165, 1.54) is 0 Å². The van der Waals surface area contributed by atoms with E-state index in [9.17, 15) is 13.6 Å². The second-order valence-electron chi connectivity index (χ2n) is 2.88. The normalized spacial score (nSPS) is 10.1. The molecule has 0 aromatic carbocycles. The van der Waals surface area contributed by atoms with Gasteiger partial charge in [0.25, 0.3) is 6.43 Å². The number of pyridine rings is 1. The quantitative estimate of drug-likeness (QED) is 0.477. The van der Waals surface area contributed by atoms with Crippen molar-refractivity contribution in [1.82, 2.24) is 4.98 Å². The smallest absolute Gasteiger partial charge is 0.341 e. The lowest BCUT2D eigenvalue weighted by molar-refractivity contribution is 0.0525. The van der Waals surface area contributed by atoms with Crippen LogP contribution >= 0.6 is 22.6 Å². The van der Waals surface area contributed by atoms with E-state index in [4.69, 9.17) is 5.26 Å². The summed E-state index contributed by atoms with van der Waals surface area (Å²) in [6, 6.07) is 1.60. The number of hydrogen-bond acceptors (Lipinski definition) is 4. The summed E-state index contributed by atoms with van der Waals surface area (Å²) in [6.07, 6.45) is -1.79. The first-order valence-electron chi connectivity index (χ1n) is 4.56. The molecule has 0 bridgehead atoms. The van der Waals surface area contributed by atoms with Crippen molar-refractivity contribution in [3.05, 3.63) is 26.6 Å². The van der Waals surface area contributed by atoms with Gasteiger partial charge in [-0.3, -0.25) is 0 Å². The fourth-order valence-electron chi connectivity index (χ4n) is 1.19. The summed E-state index contributed by atoms with van der Waals surface area (Å²) in [5.41, 5.74) is -1.14. The zero-order chi connectivity index (χ0) is 13.0. The zero-order valence-corrected chi connectivity index (χ0v) is 10.9. The topological polar surface area (TPSA) is 63.0 Å². The van der Waals surface area contributed by atoms with E-state index in [0.717, 1.165) is 6.20 Å². The van der Waals surface area contributed by atoms with Crippen LogP contribution < -0.4 is 0 Å². The molecule has 0 atom stereocenters. The lowest BCUT2D eigenvalue weighted by Gasteiger charge is -2.09. The van der Waals surface area contributed by atoms with E-state index in [-0.39, 0.29) is 21.4 Å². The summed E-state index contributed by atoms with van der Waals surface area (Å²) >= 11 is 1.59. The highest BCUT2D eigenvalue weighted by atomic mass is 127. The third-order valence-corrected chi connectivity index (χ3v) is 2.75. The molecule has 1 aromatic rings. The Kier molecular flexibility index (Phi) is 4.74. The molecule has 0 saturated heterocycles. The molecular weight excluding hydrogens is 345 g/mol. The first kappa shape index (κ1) is 13.8. The minimum atomic E-state index is -2.86. The molecule has 90 valence electrons. The molecule has 7 heteroatoms. The maximum atomic E-state index is 12.8. The highest BCUT2D eigenvalue weighted by molar-refractivity contribution is 14.1. The number of esters is 1. The van der Waals surface area contributed by atoms with E-state index < -0.39 is 18.0 Å². The number of halogens is 3. The van der Waals surface area contributed by atoms with Crippen molar-refractivity contribution < 1.29 is 18.3 Å². The molecule has 1 heterocycles. The van der Waals surface area contributed by atoms with Gasteiger partial charge in [-0.2, -0.15) is 5.26 Å². The Labute approximate surface area is 110 Å². The van der Waals surface area contributed by atoms with Crippen LogP contribution in [-0.2, 0) is 4.74 Å². The fraction of sp³-hybridized carbons (Fsp3) is 0.300. The minimum Gasteiger partial charge on any atom is -0.462 e. The molecule has 0 radical (unpaired) electrons. The Morgan fingerprint density at radius 3 is 2.82 bits per heavy atom. The van der Waals surface area contributed by atoms with Crippen LogP contribution in [0.4, 0.5) is 8.78 Å². The Bertz CT molecular complexity index is 486. The maximum Gasteiger partial charge on any atom is 0.341 e. The van der Waals surface area contributed by atoms with Crippen LogP contribution in [0, 0.1) is 15.0 Å². The Morgan fingerprint density at radius 2 is 2.35 bits per heavy atom. The van der Waals surface area contributed by atoms with Crippen molar-refractivity contribution in [1.29, 1.82) is 5.26 Å². The number of hydrogen-bond donors (Lipinski definition) is 0. The van der Waals surface area contributed by atoms with Gasteiger partial charge in [-0.05, 0) is 29.5 Å². The number of nitrogens with zero attached hydrogens (tertiary/aromatic N) is 2. The Morgan fingerprint density at radius 1 is 1.71 bits per heavy atom. The molecule has 0 N–H and O–H groups in total. The average molecular weight is 352 g/mol. The van der Waals surface area contributed by atoms with Gasteiger partial charge in [0.2, 0.25) is 0 Å². The molecule has 1 aromatic heterocycles. The lowest BCUT2D eigenvalue weighted by Crippen LogP contribution is -2.11. The molecule has 1 rings (SSSR count). The number of nitriles is 1. The molecule has 0 aliphatic heterocycles. The van der Waals surface area contributed by atoms with Crippen LogP contribution in [0.2, 0.25) is 0 Å². The van der Waals surface area contributed by atoms with Crippen LogP contribution in [0.5, 0.6) is 0 Å². The first-order chi connectivity index (χ1) is 8.02. The molecule has 4 nitrogen and oxygen atoms in total. The van der Waals surface area contributed by atoms with E-state index >= 15 is 0 Å². The minimum absolute atomic E-state index is 0.00204. The number of aromatic nitrogens is 1. The van der Waals surface area contributed by atoms with Gasteiger partial charge in [-0.15, -0.1) is 0 Å². The predicted molar refractivity (Wildman–Crippen MR) is 62.6 cm³/mol. The molecule has 0 spiro atoms. The molecule has 17 heavy (non-hydrogen) atoms. The highest BCUT2D eigenvalue weighted by Gasteiger charge is 2.24. The summed E-state index contributed by atoms with van der Waals surface area (Å²) in [5, 5.41) is 8.87. The van der Waals surface area contributed by atoms with Gasteiger partial charge in [-0.1, -0.05) is 0 Å². The molecule has 0 unspecified atom stereocenters. The molecule has 0 aliphatic carbocycles. The van der Waals surface area contributed by atoms with Gasteiger partial charge in [0.15, 0.2) is 0 Å². The van der Waals surface area contributed by atoms with E-state index in [0.29, 0.717) is 0 Å². The summed E-state index contributed by atoms with van der Waals surface area (Å²) in [6.45, 7) is 1.68. The standard InChI is InChI=1S/C10H7F2IN2O2/c1-2-17-10(16)6-4-15-9(13)7(8(11)12)5(6)3-14/h4,8H,2H2,1H3. The lowest BCUT2D eigenvalue weighted by atomic mass is 10.1. The largest absolute Gasteiger partial charge is 0.462 e. The molecular formula is C10H7F2IN2O2. The van der Waals surface area contributed by atoms with Crippen LogP contribution in [0.25, 0.3) is 0 Å². The molecule has 0 amide bonds. The van der Waals surface area contributed by atoms with Gasteiger partial charge in [0.05, 0.1) is 23.3 Å². The average Bonchev–Trinajstić information content (AvgIpc) is 2.27. The predicted octanol–water partition coefficient (Wildman–Crippen LogP) is 2.67. The fourth-order valence-corrected chi connectivity index (χ4v) is 1.83. The molecule has 0 aliphatic rings. The molecule has 0 fully saturated rings. The van der Waals surface area contributed by atoms with Gasteiger partial charge < -0.3 is 4.74 Å². The number of ether oxygens (including phenoxy) is 1. The van der Waals surface area contributed by atoms with Crippen molar-refractivity contribution >= 4 is 28.6 Å². The number of carbonyl (C=O) groups excluding carboxylic acids is 1. The van der Waals surface area contributed by atoms with E-state index in [1.54, 1.807) is 35.6 Å². The third-order valence-electron chi connectivity index (χ3n) is 1.89. The SMILES string of the molecule is CCOC(=O)c1cnc(I)c(C(F)F)c1C#N. The summed E-state index contributed by atoms with van der Waals surface area (Å²) in [5.74, 6) is -0.824. The Balaban J connectivity index is 3.39. The molecule has 0 saturated carbocycles. The van der Waals surface area contributed by atoms with Crippen LogP contribution in [0.15, 0.2) is 6.20 Å². The highest BCUT2D eigenvalue weighted by Crippen LogP contribution is 2.28. The van der Waals surface area contributed by atoms with Crippen molar-refractivity contribution in [3.63, 3.8) is 0 Å². The Hall–Kier alpha value is -1.30. The van der Waals surface area contributed by atoms with E-state index in [2.05, 4.69) is 9.72 Å². The zero-order valence-electron chi connectivity index (χ0n) is 8.71. The van der Waals surface area contributed by atoms with Gasteiger partial charge in [0.1, 0.15) is 9.77 Å². The van der Waals surface area contributed by atoms with Gasteiger partial charge >= 0.3 is 5.97 Å². The first-order valence-corrected chi connectivity index (χ1v) is 5.64. The van der Waals surface area contributed by atoms with Crippen LogP contribution in [-0.4, -0.2) is 17.6 Å². The number of carbonyl (C=O) groups is 1. The number of alkyl halides is 2. The van der Waals surface area contributed by atoms with Gasteiger partial charge in [0, 0.05) is 6.20 Å². The van der Waals surface area contributed by atoms with Crippen molar-refractivity contribution in [2.45, 2.75) is 13.3 Å². The van der Waals surface area contributed by atoms with Crippen molar-refractivity contribution in [3.8, 4) is 6.07 Å². The second kappa shape index (κ2) is 5.86. The van der Waals surface area contributed by atoms with E-state index in [1.807, 2.05) is 0 Å². The second-order valence-corrected chi connectivity index (χ2v) is 3.91. The van der Waals surface area contributed by atoms with Crippen LogP contribution in [0.3, 0.4) is 0 Å². The maximum absolute atomic E-state index is 12.8. The number of rotatable bonds is 3.